The van der Waals surface area contributed by atoms with Gasteiger partial charge in [0.15, 0.2) is 5.13 Å². The average molecular weight is 554 g/mol. The van der Waals surface area contributed by atoms with Crippen LogP contribution in [-0.2, 0) is 20.8 Å². The van der Waals surface area contributed by atoms with Gasteiger partial charge >= 0.3 is 0 Å². The highest BCUT2D eigenvalue weighted by Crippen LogP contribution is 2.32. The summed E-state index contributed by atoms with van der Waals surface area (Å²) in [6.45, 7) is 10.7. The van der Waals surface area contributed by atoms with E-state index in [0.29, 0.717) is 54.0 Å². The molecule has 1 aliphatic rings. The highest BCUT2D eigenvalue weighted by atomic mass is 32.2. The van der Waals surface area contributed by atoms with Crippen LogP contribution in [-0.4, -0.2) is 45.7 Å². The summed E-state index contributed by atoms with van der Waals surface area (Å²) in [6, 6.07) is 6.74. The number of anilines is 2. The summed E-state index contributed by atoms with van der Waals surface area (Å²) < 4.78 is 6.80. The number of nitrogens with zero attached hydrogens (tertiary/aromatic N) is 3. The van der Waals surface area contributed by atoms with Crippen LogP contribution in [0.5, 0.6) is 0 Å². The number of piperidine rings is 1. The van der Waals surface area contributed by atoms with E-state index in [2.05, 4.69) is 48.0 Å². The number of hydrogen-bond acceptors (Lipinski definition) is 8. The van der Waals surface area contributed by atoms with E-state index in [9.17, 15) is 14.4 Å². The lowest BCUT2D eigenvalue weighted by molar-refractivity contribution is -0.121. The highest BCUT2D eigenvalue weighted by Gasteiger charge is 2.28. The first-order chi connectivity index (χ1) is 18.1. The molecule has 0 unspecified atom stereocenters. The predicted molar refractivity (Wildman–Crippen MR) is 149 cm³/mol. The number of benzene rings is 1. The molecule has 0 saturated carbocycles. The summed E-state index contributed by atoms with van der Waals surface area (Å²) >= 11 is 2.99. The van der Waals surface area contributed by atoms with Gasteiger partial charge in [-0.1, -0.05) is 38.7 Å². The molecule has 200 valence electrons. The smallest absolute Gasteiger partial charge is 0.253 e. The first kappa shape index (κ1) is 27.6. The second kappa shape index (κ2) is 12.0. The summed E-state index contributed by atoms with van der Waals surface area (Å²) in [5.41, 5.74) is 1.05. The molecule has 4 rings (SSSR count). The third kappa shape index (κ3) is 7.11. The molecule has 0 aliphatic carbocycles. The molecule has 3 heterocycles. The standard InChI is InChI=1S/C27H31N5O4S2/c1-5-21(33)30-19-8-6-18(7-9-19)25(35)32-12-10-17(11-13-32)24(34)31-26-29-15-23(38-26)37-16-22-28-14-20(36-22)27(2,3)4/h5-9,14-15,17H,1,10-13,16H2,2-4H3,(H,30,33)(H,29,31,34). The fourth-order valence-corrected chi connectivity index (χ4v) is 5.59. The number of thiazole rings is 1. The highest BCUT2D eigenvalue weighted by molar-refractivity contribution is 8.00. The zero-order chi connectivity index (χ0) is 27.3. The summed E-state index contributed by atoms with van der Waals surface area (Å²) in [6.07, 6.45) is 5.87. The Kier molecular flexibility index (Phi) is 8.68. The predicted octanol–water partition coefficient (Wildman–Crippen LogP) is 5.34. The van der Waals surface area contributed by atoms with Gasteiger partial charge in [0.05, 0.1) is 22.4 Å². The van der Waals surface area contributed by atoms with Crippen LogP contribution in [0.2, 0.25) is 0 Å². The minimum atomic E-state index is -0.307. The van der Waals surface area contributed by atoms with Gasteiger partial charge in [-0.3, -0.25) is 14.4 Å². The van der Waals surface area contributed by atoms with E-state index in [0.717, 1.165) is 9.97 Å². The molecule has 2 N–H and O–H groups in total. The second-order valence-electron chi connectivity index (χ2n) is 9.97. The molecule has 1 fully saturated rings. The van der Waals surface area contributed by atoms with Crippen molar-refractivity contribution in [1.82, 2.24) is 14.9 Å². The lowest BCUT2D eigenvalue weighted by atomic mass is 9.94. The van der Waals surface area contributed by atoms with Crippen LogP contribution in [0.4, 0.5) is 10.8 Å². The zero-order valence-electron chi connectivity index (χ0n) is 21.7. The summed E-state index contributed by atoms with van der Waals surface area (Å²) in [5.74, 6) is 1.45. The van der Waals surface area contributed by atoms with Gasteiger partial charge in [0.2, 0.25) is 17.7 Å². The molecule has 11 heteroatoms. The van der Waals surface area contributed by atoms with E-state index >= 15 is 0 Å². The maximum atomic E-state index is 12.9. The monoisotopic (exact) mass is 553 g/mol. The Hall–Kier alpha value is -3.44. The first-order valence-corrected chi connectivity index (χ1v) is 14.1. The quantitative estimate of drug-likeness (QED) is 0.286. The molecule has 0 spiro atoms. The van der Waals surface area contributed by atoms with E-state index in [-0.39, 0.29) is 29.1 Å². The Morgan fingerprint density at radius 3 is 2.47 bits per heavy atom. The number of carbonyl (C=O) groups is 3. The van der Waals surface area contributed by atoms with Gasteiger partial charge in [0.1, 0.15) is 5.76 Å². The number of likely N-dealkylation sites (tertiary alicyclic amines) is 1. The van der Waals surface area contributed by atoms with Crippen LogP contribution in [0.3, 0.4) is 0 Å². The van der Waals surface area contributed by atoms with Crippen molar-refractivity contribution in [3.05, 3.63) is 66.5 Å². The molecule has 0 atom stereocenters. The van der Waals surface area contributed by atoms with Crippen molar-refractivity contribution in [2.24, 2.45) is 5.92 Å². The fourth-order valence-electron chi connectivity index (χ4n) is 3.86. The van der Waals surface area contributed by atoms with Gasteiger partial charge in [-0.25, -0.2) is 9.97 Å². The van der Waals surface area contributed by atoms with Gasteiger partial charge in [-0.15, -0.1) is 11.8 Å². The lowest BCUT2D eigenvalue weighted by Crippen LogP contribution is -2.41. The van der Waals surface area contributed by atoms with Crippen molar-refractivity contribution in [3.63, 3.8) is 0 Å². The maximum absolute atomic E-state index is 12.9. The largest absolute Gasteiger partial charge is 0.444 e. The molecule has 3 aromatic rings. The van der Waals surface area contributed by atoms with Gasteiger partial charge in [0.25, 0.3) is 5.91 Å². The van der Waals surface area contributed by atoms with Crippen molar-refractivity contribution in [2.75, 3.05) is 23.7 Å². The zero-order valence-corrected chi connectivity index (χ0v) is 23.3. The van der Waals surface area contributed by atoms with Crippen LogP contribution in [0, 0.1) is 5.92 Å². The number of hydrogen-bond donors (Lipinski definition) is 2. The van der Waals surface area contributed by atoms with E-state index in [1.807, 2.05) is 0 Å². The second-order valence-corrected chi connectivity index (χ2v) is 12.3. The average Bonchev–Trinajstić information content (AvgIpc) is 3.57. The Labute approximate surface area is 230 Å². The van der Waals surface area contributed by atoms with Crippen LogP contribution < -0.4 is 10.6 Å². The van der Waals surface area contributed by atoms with Gasteiger partial charge < -0.3 is 20.0 Å². The summed E-state index contributed by atoms with van der Waals surface area (Å²) in [7, 11) is 0. The van der Waals surface area contributed by atoms with Crippen molar-refractivity contribution < 1.29 is 18.8 Å². The Balaban J connectivity index is 1.23. The Morgan fingerprint density at radius 1 is 1.13 bits per heavy atom. The normalized spacial score (nSPS) is 14.2. The molecule has 1 saturated heterocycles. The number of oxazole rings is 1. The van der Waals surface area contributed by atoms with Gasteiger partial charge in [0, 0.05) is 35.7 Å². The lowest BCUT2D eigenvalue weighted by Gasteiger charge is -2.31. The third-order valence-corrected chi connectivity index (χ3v) is 8.18. The number of rotatable bonds is 8. The molecule has 1 aromatic carbocycles. The SMILES string of the molecule is C=CC(=O)Nc1ccc(C(=O)N2CCC(C(=O)Nc3ncc(SCc4ncc(C(C)(C)C)o4)s3)CC2)cc1. The molecular weight excluding hydrogens is 522 g/mol. The number of aromatic nitrogens is 2. The minimum absolute atomic E-state index is 0.0761. The Bertz CT molecular complexity index is 1300. The number of thioether (sulfide) groups is 1. The fraction of sp³-hybridized carbons (Fsp3) is 0.370. The van der Waals surface area contributed by atoms with Gasteiger partial charge in [-0.2, -0.15) is 0 Å². The maximum Gasteiger partial charge on any atom is 0.253 e. The van der Waals surface area contributed by atoms with Crippen molar-refractivity contribution in [2.45, 2.75) is 49.0 Å². The molecule has 2 aromatic heterocycles. The molecule has 1 aliphatic heterocycles. The van der Waals surface area contributed by atoms with E-state index in [4.69, 9.17) is 4.42 Å². The molecular formula is C27H31N5O4S2. The number of carbonyl (C=O) groups excluding carboxylic acids is 3. The molecule has 9 nitrogen and oxygen atoms in total. The van der Waals surface area contributed by atoms with Crippen LogP contribution in [0.1, 0.15) is 55.6 Å². The van der Waals surface area contributed by atoms with Gasteiger partial charge in [-0.05, 0) is 43.2 Å². The number of amides is 3. The van der Waals surface area contributed by atoms with Crippen LogP contribution in [0.15, 0.2) is 57.9 Å². The summed E-state index contributed by atoms with van der Waals surface area (Å²) in [5, 5.41) is 6.14. The van der Waals surface area contributed by atoms with E-state index in [1.165, 1.54) is 17.4 Å². The van der Waals surface area contributed by atoms with Crippen LogP contribution >= 0.6 is 23.1 Å². The van der Waals surface area contributed by atoms with E-state index in [1.54, 1.807) is 53.3 Å². The Morgan fingerprint density at radius 2 is 1.84 bits per heavy atom. The minimum Gasteiger partial charge on any atom is -0.444 e. The topological polar surface area (TPSA) is 117 Å². The van der Waals surface area contributed by atoms with Crippen molar-refractivity contribution in [1.29, 1.82) is 0 Å². The van der Waals surface area contributed by atoms with E-state index < -0.39 is 0 Å². The van der Waals surface area contributed by atoms with Crippen LogP contribution in [0.25, 0.3) is 0 Å². The molecule has 38 heavy (non-hydrogen) atoms. The molecule has 0 radical (unpaired) electrons. The molecule has 3 amide bonds. The number of nitrogens with one attached hydrogen (secondary N) is 2. The summed E-state index contributed by atoms with van der Waals surface area (Å²) in [4.78, 5) is 47.6. The van der Waals surface area contributed by atoms with Crippen molar-refractivity contribution in [3.8, 4) is 0 Å². The third-order valence-electron chi connectivity index (χ3n) is 6.08. The first-order valence-electron chi connectivity index (χ1n) is 12.3. The van der Waals surface area contributed by atoms with Crippen molar-refractivity contribution >= 4 is 51.6 Å². The molecule has 0 bridgehead atoms.